The SMILES string of the molecule is Nc1c(CSc2ccc(CO)cc2)cccc1[N+](=O)[O-]. The molecule has 5 nitrogen and oxygen atoms in total. The van der Waals surface area contributed by atoms with E-state index in [0.717, 1.165) is 16.0 Å². The highest BCUT2D eigenvalue weighted by Crippen LogP contribution is 2.30. The van der Waals surface area contributed by atoms with Gasteiger partial charge in [-0.15, -0.1) is 11.8 Å². The number of anilines is 1. The van der Waals surface area contributed by atoms with E-state index in [4.69, 9.17) is 10.8 Å². The summed E-state index contributed by atoms with van der Waals surface area (Å²) in [5.74, 6) is 0.561. The lowest BCUT2D eigenvalue weighted by Gasteiger charge is -2.06. The van der Waals surface area contributed by atoms with Crippen LogP contribution in [0.2, 0.25) is 0 Å². The van der Waals surface area contributed by atoms with Crippen molar-refractivity contribution in [2.75, 3.05) is 5.73 Å². The number of nitro groups is 1. The van der Waals surface area contributed by atoms with Gasteiger partial charge >= 0.3 is 0 Å². The zero-order chi connectivity index (χ0) is 14.5. The number of benzene rings is 2. The molecule has 6 heteroatoms. The minimum absolute atomic E-state index is 0.0166. The maximum atomic E-state index is 10.8. The van der Waals surface area contributed by atoms with E-state index in [-0.39, 0.29) is 18.0 Å². The van der Waals surface area contributed by atoms with Gasteiger partial charge in [-0.3, -0.25) is 10.1 Å². The van der Waals surface area contributed by atoms with Crippen molar-refractivity contribution >= 4 is 23.1 Å². The molecule has 20 heavy (non-hydrogen) atoms. The second-order valence-electron chi connectivity index (χ2n) is 4.20. The number of nitrogen functional groups attached to an aromatic ring is 1. The van der Waals surface area contributed by atoms with Crippen LogP contribution < -0.4 is 5.73 Å². The standard InChI is InChI=1S/C14H14N2O3S/c15-14-11(2-1-3-13(14)16(18)19)9-20-12-6-4-10(8-17)5-7-12/h1-7,17H,8-9,15H2. The summed E-state index contributed by atoms with van der Waals surface area (Å²) >= 11 is 1.54. The van der Waals surface area contributed by atoms with Crippen LogP contribution in [0.25, 0.3) is 0 Å². The fourth-order valence-electron chi connectivity index (χ4n) is 1.74. The summed E-state index contributed by atoms with van der Waals surface area (Å²) in [6, 6.07) is 12.3. The number of nitrogens with two attached hydrogens (primary N) is 1. The minimum Gasteiger partial charge on any atom is -0.393 e. The summed E-state index contributed by atoms with van der Waals surface area (Å²) in [4.78, 5) is 11.4. The molecule has 0 saturated carbocycles. The fraction of sp³-hybridized carbons (Fsp3) is 0.143. The Balaban J connectivity index is 2.10. The molecule has 104 valence electrons. The third-order valence-electron chi connectivity index (χ3n) is 2.87. The molecule has 0 unspecified atom stereocenters. The van der Waals surface area contributed by atoms with Gasteiger partial charge in [-0.1, -0.05) is 24.3 Å². The van der Waals surface area contributed by atoms with E-state index in [1.54, 1.807) is 23.9 Å². The highest BCUT2D eigenvalue weighted by Gasteiger charge is 2.14. The normalized spacial score (nSPS) is 10.4. The van der Waals surface area contributed by atoms with Crippen molar-refractivity contribution in [3.8, 4) is 0 Å². The molecule has 0 spiro atoms. The summed E-state index contributed by atoms with van der Waals surface area (Å²) in [6.45, 7) is 0.0166. The Morgan fingerprint density at radius 2 is 1.90 bits per heavy atom. The summed E-state index contributed by atoms with van der Waals surface area (Å²) < 4.78 is 0. The smallest absolute Gasteiger partial charge is 0.292 e. The largest absolute Gasteiger partial charge is 0.393 e. The zero-order valence-corrected chi connectivity index (χ0v) is 11.5. The molecular formula is C14H14N2O3S. The Morgan fingerprint density at radius 3 is 2.50 bits per heavy atom. The Hall–Kier alpha value is -2.05. The van der Waals surface area contributed by atoms with Crippen molar-refractivity contribution < 1.29 is 10.0 Å². The molecule has 0 fully saturated rings. The fourth-order valence-corrected chi connectivity index (χ4v) is 2.64. The van der Waals surface area contributed by atoms with Crippen LogP contribution in [0.3, 0.4) is 0 Å². The summed E-state index contributed by atoms with van der Waals surface area (Å²) in [6.07, 6.45) is 0. The van der Waals surface area contributed by atoms with Crippen molar-refractivity contribution in [3.05, 3.63) is 63.7 Å². The number of aliphatic hydroxyl groups is 1. The average Bonchev–Trinajstić information content (AvgIpc) is 2.46. The number of rotatable bonds is 5. The molecule has 0 saturated heterocycles. The van der Waals surface area contributed by atoms with Crippen LogP contribution in [0.5, 0.6) is 0 Å². The number of aliphatic hydroxyl groups excluding tert-OH is 1. The lowest BCUT2D eigenvalue weighted by Crippen LogP contribution is -1.99. The van der Waals surface area contributed by atoms with Crippen LogP contribution in [-0.4, -0.2) is 10.0 Å². The third-order valence-corrected chi connectivity index (χ3v) is 3.93. The molecule has 0 aromatic heterocycles. The molecule has 2 aromatic rings. The van der Waals surface area contributed by atoms with Crippen LogP contribution >= 0.6 is 11.8 Å². The lowest BCUT2D eigenvalue weighted by atomic mass is 10.2. The van der Waals surface area contributed by atoms with E-state index in [0.29, 0.717) is 5.75 Å². The van der Waals surface area contributed by atoms with E-state index >= 15 is 0 Å². The van der Waals surface area contributed by atoms with Gasteiger partial charge in [0.1, 0.15) is 5.69 Å². The number of nitro benzene ring substituents is 1. The van der Waals surface area contributed by atoms with E-state index in [2.05, 4.69) is 0 Å². The lowest BCUT2D eigenvalue weighted by molar-refractivity contribution is -0.383. The highest BCUT2D eigenvalue weighted by molar-refractivity contribution is 7.98. The highest BCUT2D eigenvalue weighted by atomic mass is 32.2. The van der Waals surface area contributed by atoms with Gasteiger partial charge in [-0.05, 0) is 23.3 Å². The summed E-state index contributed by atoms with van der Waals surface area (Å²) in [5, 5.41) is 19.8. The van der Waals surface area contributed by atoms with E-state index in [1.165, 1.54) is 6.07 Å². The summed E-state index contributed by atoms with van der Waals surface area (Å²) in [5.41, 5.74) is 7.57. The molecule has 0 aliphatic carbocycles. The average molecular weight is 290 g/mol. The Labute approximate surface area is 120 Å². The molecule has 3 N–H and O–H groups in total. The van der Waals surface area contributed by atoms with Crippen molar-refractivity contribution in [2.24, 2.45) is 0 Å². The van der Waals surface area contributed by atoms with Crippen LogP contribution in [-0.2, 0) is 12.4 Å². The maximum absolute atomic E-state index is 10.8. The number of hydrogen-bond donors (Lipinski definition) is 2. The predicted octanol–water partition coefficient (Wildman–Crippen LogP) is 2.96. The second-order valence-corrected chi connectivity index (χ2v) is 5.25. The zero-order valence-electron chi connectivity index (χ0n) is 10.7. The predicted molar refractivity (Wildman–Crippen MR) is 79.4 cm³/mol. The minimum atomic E-state index is -0.473. The Morgan fingerprint density at radius 1 is 1.20 bits per heavy atom. The second kappa shape index (κ2) is 6.40. The van der Waals surface area contributed by atoms with Crippen molar-refractivity contribution in [1.82, 2.24) is 0 Å². The van der Waals surface area contributed by atoms with E-state index in [9.17, 15) is 10.1 Å². The molecule has 0 radical (unpaired) electrons. The molecule has 2 aromatic carbocycles. The topological polar surface area (TPSA) is 89.4 Å². The van der Waals surface area contributed by atoms with Gasteiger partial charge in [0.2, 0.25) is 0 Å². The number of hydrogen-bond acceptors (Lipinski definition) is 5. The molecule has 0 atom stereocenters. The van der Waals surface area contributed by atoms with Gasteiger partial charge < -0.3 is 10.8 Å². The van der Waals surface area contributed by atoms with Crippen molar-refractivity contribution in [1.29, 1.82) is 0 Å². The first-order valence-electron chi connectivity index (χ1n) is 5.96. The van der Waals surface area contributed by atoms with Gasteiger partial charge in [-0.2, -0.15) is 0 Å². The molecule has 2 rings (SSSR count). The maximum Gasteiger partial charge on any atom is 0.292 e. The van der Waals surface area contributed by atoms with Crippen LogP contribution in [0.15, 0.2) is 47.4 Å². The van der Waals surface area contributed by atoms with E-state index < -0.39 is 4.92 Å². The third kappa shape index (κ3) is 3.28. The van der Waals surface area contributed by atoms with Gasteiger partial charge in [-0.25, -0.2) is 0 Å². The quantitative estimate of drug-likeness (QED) is 0.382. The van der Waals surface area contributed by atoms with Crippen LogP contribution in [0.1, 0.15) is 11.1 Å². The van der Waals surface area contributed by atoms with Crippen LogP contribution in [0.4, 0.5) is 11.4 Å². The first-order chi connectivity index (χ1) is 9.61. The van der Waals surface area contributed by atoms with Gasteiger partial charge in [0.25, 0.3) is 5.69 Å². The summed E-state index contributed by atoms with van der Waals surface area (Å²) in [7, 11) is 0. The van der Waals surface area contributed by atoms with Crippen molar-refractivity contribution in [2.45, 2.75) is 17.3 Å². The van der Waals surface area contributed by atoms with Crippen LogP contribution in [0, 0.1) is 10.1 Å². The Kier molecular flexibility index (Phi) is 4.60. The molecule has 0 aliphatic heterocycles. The first kappa shape index (κ1) is 14.4. The molecule has 0 amide bonds. The van der Waals surface area contributed by atoms with Gasteiger partial charge in [0.05, 0.1) is 11.5 Å². The molecule has 0 aliphatic rings. The monoisotopic (exact) mass is 290 g/mol. The molecule has 0 bridgehead atoms. The molecular weight excluding hydrogens is 276 g/mol. The van der Waals surface area contributed by atoms with E-state index in [1.807, 2.05) is 24.3 Å². The molecule has 0 heterocycles. The first-order valence-corrected chi connectivity index (χ1v) is 6.94. The number of para-hydroxylation sites is 1. The number of thioether (sulfide) groups is 1. The van der Waals surface area contributed by atoms with Gasteiger partial charge in [0.15, 0.2) is 0 Å². The van der Waals surface area contributed by atoms with Crippen molar-refractivity contribution in [3.63, 3.8) is 0 Å². The van der Waals surface area contributed by atoms with Gasteiger partial charge in [0, 0.05) is 16.7 Å². The number of nitrogens with zero attached hydrogens (tertiary/aromatic N) is 1. The Bertz CT molecular complexity index is 614.